The third-order valence-corrected chi connectivity index (χ3v) is 2.73. The Bertz CT molecular complexity index is 530. The fraction of sp³-hybridized carbons (Fsp3) is 0.500. The van der Waals surface area contributed by atoms with Crippen LogP contribution in [0.2, 0.25) is 0 Å². The highest BCUT2D eigenvalue weighted by Gasteiger charge is 2.20. The van der Waals surface area contributed by atoms with Crippen LogP contribution in [0.3, 0.4) is 0 Å². The number of amides is 1. The summed E-state index contributed by atoms with van der Waals surface area (Å²) < 4.78 is 10.6. The molecule has 0 saturated carbocycles. The third kappa shape index (κ3) is 4.77. The molecular weight excluding hydrogens is 270 g/mol. The van der Waals surface area contributed by atoms with Crippen molar-refractivity contribution >= 4 is 18.1 Å². The van der Waals surface area contributed by atoms with Gasteiger partial charge in [-0.25, -0.2) is 4.79 Å². The topological polar surface area (TPSA) is 64.6 Å². The predicted octanol–water partition coefficient (Wildman–Crippen LogP) is 3.98. The van der Waals surface area contributed by atoms with Crippen LogP contribution in [0.5, 0.6) is 5.75 Å². The standard InChI is InChI=1S/C16H23NO4/c1-10(2)14-12(17-15(19)21-16(3,4)5)7-11(9-18)8-13(14)20-6/h7-10H,1-6H3,(H,17,19). The third-order valence-electron chi connectivity index (χ3n) is 2.73. The van der Waals surface area contributed by atoms with E-state index in [2.05, 4.69) is 5.32 Å². The van der Waals surface area contributed by atoms with Crippen LogP contribution in [0.1, 0.15) is 56.5 Å². The van der Waals surface area contributed by atoms with Gasteiger partial charge in [-0.15, -0.1) is 0 Å². The number of ether oxygens (including phenoxy) is 2. The Labute approximate surface area is 125 Å². The van der Waals surface area contributed by atoms with E-state index in [1.54, 1.807) is 32.9 Å². The Morgan fingerprint density at radius 3 is 2.33 bits per heavy atom. The van der Waals surface area contributed by atoms with E-state index in [4.69, 9.17) is 9.47 Å². The van der Waals surface area contributed by atoms with Gasteiger partial charge in [-0.2, -0.15) is 0 Å². The summed E-state index contributed by atoms with van der Waals surface area (Å²) in [5, 5.41) is 2.70. The average Bonchev–Trinajstić information content (AvgIpc) is 2.34. The maximum Gasteiger partial charge on any atom is 0.412 e. The number of nitrogens with one attached hydrogen (secondary N) is 1. The predicted molar refractivity (Wildman–Crippen MR) is 82.3 cm³/mol. The van der Waals surface area contributed by atoms with Crippen molar-refractivity contribution in [2.75, 3.05) is 12.4 Å². The van der Waals surface area contributed by atoms with Crippen molar-refractivity contribution in [2.24, 2.45) is 0 Å². The number of anilines is 1. The van der Waals surface area contributed by atoms with E-state index in [0.29, 0.717) is 23.3 Å². The Morgan fingerprint density at radius 2 is 1.90 bits per heavy atom. The molecule has 0 aliphatic carbocycles. The van der Waals surface area contributed by atoms with Gasteiger partial charge in [0.25, 0.3) is 0 Å². The average molecular weight is 293 g/mol. The smallest absolute Gasteiger partial charge is 0.412 e. The van der Waals surface area contributed by atoms with Gasteiger partial charge in [-0.3, -0.25) is 10.1 Å². The lowest BCUT2D eigenvalue weighted by Gasteiger charge is -2.22. The molecule has 116 valence electrons. The molecule has 0 radical (unpaired) electrons. The highest BCUT2D eigenvalue weighted by molar-refractivity contribution is 5.89. The zero-order valence-electron chi connectivity index (χ0n) is 13.4. The molecule has 0 aliphatic heterocycles. The van der Waals surface area contributed by atoms with Crippen LogP contribution >= 0.6 is 0 Å². The molecule has 0 saturated heterocycles. The molecule has 21 heavy (non-hydrogen) atoms. The molecular formula is C16H23NO4. The monoisotopic (exact) mass is 293 g/mol. The number of carbonyl (C=O) groups is 2. The molecule has 0 bridgehead atoms. The molecule has 0 atom stereocenters. The van der Waals surface area contributed by atoms with Crippen molar-refractivity contribution in [3.63, 3.8) is 0 Å². The Balaban J connectivity index is 3.20. The summed E-state index contributed by atoms with van der Waals surface area (Å²) in [5.41, 5.74) is 1.20. The van der Waals surface area contributed by atoms with Crippen LogP contribution in [-0.4, -0.2) is 25.1 Å². The number of hydrogen-bond acceptors (Lipinski definition) is 4. The number of aldehydes is 1. The van der Waals surface area contributed by atoms with Crippen LogP contribution in [-0.2, 0) is 4.74 Å². The van der Waals surface area contributed by atoms with E-state index >= 15 is 0 Å². The van der Waals surface area contributed by atoms with E-state index in [1.165, 1.54) is 7.11 Å². The van der Waals surface area contributed by atoms with Crippen LogP contribution in [0.25, 0.3) is 0 Å². The van der Waals surface area contributed by atoms with Gasteiger partial charge in [0.05, 0.1) is 12.8 Å². The molecule has 5 heteroatoms. The molecule has 0 heterocycles. The van der Waals surface area contributed by atoms with Gasteiger partial charge in [-0.1, -0.05) is 13.8 Å². The second-order valence-electron chi connectivity index (χ2n) is 6.08. The fourth-order valence-corrected chi connectivity index (χ4v) is 2.00. The fourth-order valence-electron chi connectivity index (χ4n) is 2.00. The van der Waals surface area contributed by atoms with Crippen molar-refractivity contribution < 1.29 is 19.1 Å². The molecule has 5 nitrogen and oxygen atoms in total. The Kier molecular flexibility index (Phi) is 5.35. The highest BCUT2D eigenvalue weighted by atomic mass is 16.6. The first-order valence-corrected chi connectivity index (χ1v) is 6.85. The van der Waals surface area contributed by atoms with Crippen molar-refractivity contribution in [2.45, 2.75) is 46.1 Å². The Hall–Kier alpha value is -2.04. The summed E-state index contributed by atoms with van der Waals surface area (Å²) in [6, 6.07) is 3.28. The largest absolute Gasteiger partial charge is 0.496 e. The minimum atomic E-state index is -0.589. The number of rotatable bonds is 4. The van der Waals surface area contributed by atoms with Crippen molar-refractivity contribution in [1.29, 1.82) is 0 Å². The zero-order valence-corrected chi connectivity index (χ0v) is 13.4. The summed E-state index contributed by atoms with van der Waals surface area (Å²) >= 11 is 0. The highest BCUT2D eigenvalue weighted by Crippen LogP contribution is 2.34. The SMILES string of the molecule is COc1cc(C=O)cc(NC(=O)OC(C)(C)C)c1C(C)C. The molecule has 0 spiro atoms. The summed E-state index contributed by atoms with van der Waals surface area (Å²) in [4.78, 5) is 23.0. The molecule has 1 amide bonds. The van der Waals surface area contributed by atoms with Gasteiger partial charge in [0.2, 0.25) is 0 Å². The molecule has 0 aliphatic rings. The summed E-state index contributed by atoms with van der Waals surface area (Å²) in [7, 11) is 1.53. The summed E-state index contributed by atoms with van der Waals surface area (Å²) in [6.45, 7) is 9.34. The lowest BCUT2D eigenvalue weighted by atomic mass is 9.98. The lowest BCUT2D eigenvalue weighted by Crippen LogP contribution is -2.27. The number of hydrogen-bond donors (Lipinski definition) is 1. The van der Waals surface area contributed by atoms with Gasteiger partial charge in [-0.05, 0) is 38.8 Å². The first kappa shape index (κ1) is 17.0. The van der Waals surface area contributed by atoms with Crippen LogP contribution in [0.15, 0.2) is 12.1 Å². The number of benzene rings is 1. The summed E-state index contributed by atoms with van der Waals surface area (Å²) in [6.07, 6.45) is 0.155. The van der Waals surface area contributed by atoms with Crippen molar-refractivity contribution in [3.05, 3.63) is 23.3 Å². The molecule has 1 rings (SSSR count). The van der Waals surface area contributed by atoms with E-state index in [9.17, 15) is 9.59 Å². The molecule has 0 fully saturated rings. The number of methoxy groups -OCH3 is 1. The maximum atomic E-state index is 11.9. The van der Waals surface area contributed by atoms with Gasteiger partial charge in [0, 0.05) is 11.1 Å². The van der Waals surface area contributed by atoms with Crippen LogP contribution in [0, 0.1) is 0 Å². The van der Waals surface area contributed by atoms with E-state index in [-0.39, 0.29) is 5.92 Å². The molecule has 1 aromatic rings. The second kappa shape index (κ2) is 6.61. The Morgan fingerprint density at radius 1 is 1.29 bits per heavy atom. The van der Waals surface area contributed by atoms with Gasteiger partial charge in [0.1, 0.15) is 17.6 Å². The van der Waals surface area contributed by atoms with Gasteiger partial charge < -0.3 is 9.47 Å². The summed E-state index contributed by atoms with van der Waals surface area (Å²) in [5.74, 6) is 0.686. The van der Waals surface area contributed by atoms with E-state index in [1.807, 2.05) is 13.8 Å². The lowest BCUT2D eigenvalue weighted by molar-refractivity contribution is 0.0635. The second-order valence-corrected chi connectivity index (χ2v) is 6.08. The molecule has 0 aromatic heterocycles. The van der Waals surface area contributed by atoms with Crippen LogP contribution in [0.4, 0.5) is 10.5 Å². The first-order valence-electron chi connectivity index (χ1n) is 6.85. The maximum absolute atomic E-state index is 11.9. The van der Waals surface area contributed by atoms with Crippen molar-refractivity contribution in [3.8, 4) is 5.75 Å². The quantitative estimate of drug-likeness (QED) is 0.853. The first-order chi connectivity index (χ1) is 9.67. The van der Waals surface area contributed by atoms with Gasteiger partial charge >= 0.3 is 6.09 Å². The van der Waals surface area contributed by atoms with Crippen LogP contribution < -0.4 is 10.1 Å². The van der Waals surface area contributed by atoms with Crippen molar-refractivity contribution in [1.82, 2.24) is 0 Å². The zero-order chi connectivity index (χ0) is 16.2. The minimum Gasteiger partial charge on any atom is -0.496 e. The number of carbonyl (C=O) groups excluding carboxylic acids is 2. The van der Waals surface area contributed by atoms with E-state index in [0.717, 1.165) is 5.56 Å². The van der Waals surface area contributed by atoms with Gasteiger partial charge in [0.15, 0.2) is 0 Å². The molecule has 1 N–H and O–H groups in total. The minimum absolute atomic E-state index is 0.116. The molecule has 0 unspecified atom stereocenters. The normalized spacial score (nSPS) is 11.2. The van der Waals surface area contributed by atoms with E-state index < -0.39 is 11.7 Å². The molecule has 1 aromatic carbocycles.